The van der Waals surface area contributed by atoms with Crippen molar-refractivity contribution in [1.29, 1.82) is 0 Å². The van der Waals surface area contributed by atoms with Crippen molar-refractivity contribution in [3.8, 4) is 0 Å². The molecule has 2 aromatic carbocycles. The van der Waals surface area contributed by atoms with Gasteiger partial charge in [0.25, 0.3) is 0 Å². The molecule has 2 rings (SSSR count). The summed E-state index contributed by atoms with van der Waals surface area (Å²) < 4.78 is 28.4. The van der Waals surface area contributed by atoms with Crippen LogP contribution in [0, 0.1) is 13.8 Å². The lowest BCUT2D eigenvalue weighted by Gasteiger charge is -2.24. The molecule has 2 aromatic rings. The summed E-state index contributed by atoms with van der Waals surface area (Å²) in [7, 11) is -1.97. The first-order valence-electron chi connectivity index (χ1n) is 10.7. The van der Waals surface area contributed by atoms with E-state index in [1.165, 1.54) is 7.05 Å². The normalized spacial score (nSPS) is 11.9. The molecular weight excluding hydrogens is 458 g/mol. The summed E-state index contributed by atoms with van der Waals surface area (Å²) in [6.45, 7) is 3.45. The van der Waals surface area contributed by atoms with Crippen molar-refractivity contribution in [2.45, 2.75) is 32.9 Å². The molecule has 0 saturated carbocycles. The average molecular weight is 490 g/mol. The zero-order valence-electron chi connectivity index (χ0n) is 19.8. The van der Waals surface area contributed by atoms with Gasteiger partial charge in [-0.25, -0.2) is 13.2 Å². The summed E-state index contributed by atoms with van der Waals surface area (Å²) in [5, 5.41) is 5.23. The fourth-order valence-corrected chi connectivity index (χ4v) is 3.91. The molecule has 0 spiro atoms. The van der Waals surface area contributed by atoms with Gasteiger partial charge in [-0.3, -0.25) is 9.59 Å². The molecule has 0 fully saturated rings. The molecule has 0 aromatic heterocycles. The van der Waals surface area contributed by atoms with Crippen LogP contribution in [-0.4, -0.2) is 62.9 Å². The second-order valence-electron chi connectivity index (χ2n) is 8.19. The maximum atomic E-state index is 13.0. The van der Waals surface area contributed by atoms with Crippen molar-refractivity contribution in [3.05, 3.63) is 65.2 Å². The van der Waals surface area contributed by atoms with Crippen LogP contribution >= 0.6 is 0 Å². The van der Waals surface area contributed by atoms with Crippen LogP contribution < -0.4 is 10.6 Å². The van der Waals surface area contributed by atoms with Crippen LogP contribution in [0.3, 0.4) is 0 Å². The third-order valence-electron chi connectivity index (χ3n) is 5.08. The average Bonchev–Trinajstić information content (AvgIpc) is 2.77. The van der Waals surface area contributed by atoms with Gasteiger partial charge in [-0.1, -0.05) is 48.5 Å². The quantitative estimate of drug-likeness (QED) is 0.529. The number of likely N-dealkylation sites (N-methyl/N-ethyl adjacent to an activating group) is 1. The van der Waals surface area contributed by atoms with Gasteiger partial charge in [-0.15, -0.1) is 0 Å². The Kier molecular flexibility index (Phi) is 9.61. The molecule has 0 heterocycles. The van der Waals surface area contributed by atoms with Crippen LogP contribution in [0.25, 0.3) is 0 Å². The Morgan fingerprint density at radius 3 is 2.21 bits per heavy atom. The van der Waals surface area contributed by atoms with Crippen LogP contribution in [0.15, 0.2) is 48.5 Å². The van der Waals surface area contributed by atoms with Crippen molar-refractivity contribution in [2.75, 3.05) is 30.9 Å². The van der Waals surface area contributed by atoms with Gasteiger partial charge in [-0.05, 0) is 37.0 Å². The Hall–Kier alpha value is -3.40. The van der Waals surface area contributed by atoms with Gasteiger partial charge in [0, 0.05) is 19.0 Å². The fraction of sp³-hybridized carbons (Fsp3) is 0.375. The summed E-state index contributed by atoms with van der Waals surface area (Å²) in [6, 6.07) is 13.4. The van der Waals surface area contributed by atoms with Gasteiger partial charge >= 0.3 is 6.09 Å². The molecular formula is C24H31N3O6S. The molecule has 1 atom stereocenters. The molecule has 0 saturated heterocycles. The minimum Gasteiger partial charge on any atom is -0.445 e. The van der Waals surface area contributed by atoms with Crippen LogP contribution in [0.4, 0.5) is 10.5 Å². The molecule has 184 valence electrons. The number of hydrogen-bond acceptors (Lipinski definition) is 6. The van der Waals surface area contributed by atoms with Crippen LogP contribution in [0.5, 0.6) is 0 Å². The number of para-hydroxylation sites is 1. The Morgan fingerprint density at radius 1 is 1.00 bits per heavy atom. The van der Waals surface area contributed by atoms with E-state index in [0.717, 1.165) is 27.8 Å². The standard InChI is InChI=1S/C24H31N3O6S/c1-17-9-8-10-18(2)22(17)26-21(28)15-27(3)23(29)20(13-14-34(4,31)32)25-24(30)33-16-19-11-6-5-7-12-19/h5-12,20H,13-16H2,1-4H3,(H,25,30)(H,26,28). The van der Waals surface area contributed by atoms with Gasteiger partial charge < -0.3 is 20.3 Å². The lowest BCUT2D eigenvalue weighted by molar-refractivity contribution is -0.135. The molecule has 9 nitrogen and oxygen atoms in total. The molecule has 0 radical (unpaired) electrons. The van der Waals surface area contributed by atoms with Crippen molar-refractivity contribution < 1.29 is 27.5 Å². The van der Waals surface area contributed by atoms with E-state index in [9.17, 15) is 22.8 Å². The van der Waals surface area contributed by atoms with Crippen LogP contribution in [0.1, 0.15) is 23.1 Å². The molecule has 3 amide bonds. The number of alkyl carbamates (subject to hydrolysis) is 1. The van der Waals surface area contributed by atoms with Gasteiger partial charge in [0.1, 0.15) is 22.5 Å². The predicted molar refractivity (Wildman–Crippen MR) is 130 cm³/mol. The number of carbonyl (C=O) groups is 3. The molecule has 10 heteroatoms. The van der Waals surface area contributed by atoms with Crippen LogP contribution in [0.2, 0.25) is 0 Å². The highest BCUT2D eigenvalue weighted by Gasteiger charge is 2.27. The highest BCUT2D eigenvalue weighted by molar-refractivity contribution is 7.90. The zero-order chi connectivity index (χ0) is 25.3. The number of nitrogens with zero attached hydrogens (tertiary/aromatic N) is 1. The number of nitrogens with one attached hydrogen (secondary N) is 2. The number of hydrogen-bond donors (Lipinski definition) is 2. The Labute approximate surface area is 200 Å². The van der Waals surface area contributed by atoms with Crippen molar-refractivity contribution in [2.24, 2.45) is 0 Å². The van der Waals surface area contributed by atoms with Gasteiger partial charge in [-0.2, -0.15) is 0 Å². The third kappa shape index (κ3) is 8.86. The second-order valence-corrected chi connectivity index (χ2v) is 10.4. The zero-order valence-corrected chi connectivity index (χ0v) is 20.6. The molecule has 1 unspecified atom stereocenters. The smallest absolute Gasteiger partial charge is 0.408 e. The Balaban J connectivity index is 2.02. The first-order chi connectivity index (χ1) is 16.0. The minimum absolute atomic E-state index is 0.00627. The number of sulfone groups is 1. The number of amides is 3. The van der Waals surface area contributed by atoms with Gasteiger partial charge in [0.05, 0.1) is 12.3 Å². The molecule has 34 heavy (non-hydrogen) atoms. The third-order valence-corrected chi connectivity index (χ3v) is 6.06. The second kappa shape index (κ2) is 12.2. The van der Waals surface area contributed by atoms with E-state index in [-0.39, 0.29) is 25.3 Å². The van der Waals surface area contributed by atoms with E-state index >= 15 is 0 Å². The maximum absolute atomic E-state index is 13.0. The van der Waals surface area contributed by atoms with Crippen molar-refractivity contribution >= 4 is 33.4 Å². The van der Waals surface area contributed by atoms with E-state index < -0.39 is 33.8 Å². The molecule has 0 aliphatic heterocycles. The topological polar surface area (TPSA) is 122 Å². The highest BCUT2D eigenvalue weighted by Crippen LogP contribution is 2.19. The lowest BCUT2D eigenvalue weighted by atomic mass is 10.1. The summed E-state index contributed by atoms with van der Waals surface area (Å²) in [6.07, 6.45) is 0.0364. The van der Waals surface area contributed by atoms with E-state index in [4.69, 9.17) is 4.74 Å². The highest BCUT2D eigenvalue weighted by atomic mass is 32.2. The number of ether oxygens (including phenoxy) is 1. The summed E-state index contributed by atoms with van der Waals surface area (Å²) in [4.78, 5) is 38.9. The summed E-state index contributed by atoms with van der Waals surface area (Å²) >= 11 is 0. The molecule has 0 bridgehead atoms. The van der Waals surface area contributed by atoms with Gasteiger partial charge in [0.2, 0.25) is 11.8 Å². The summed E-state index contributed by atoms with van der Waals surface area (Å²) in [5.74, 6) is -1.33. The number of anilines is 1. The first-order valence-corrected chi connectivity index (χ1v) is 12.8. The first kappa shape index (κ1) is 26.8. The van der Waals surface area contributed by atoms with E-state index in [2.05, 4.69) is 10.6 Å². The molecule has 0 aliphatic rings. The van der Waals surface area contributed by atoms with Gasteiger partial charge in [0.15, 0.2) is 0 Å². The fourth-order valence-electron chi connectivity index (χ4n) is 3.25. The minimum atomic E-state index is -3.38. The predicted octanol–water partition coefficient (Wildman–Crippen LogP) is 2.43. The largest absolute Gasteiger partial charge is 0.445 e. The number of benzene rings is 2. The van der Waals surface area contributed by atoms with Crippen LogP contribution in [-0.2, 0) is 30.8 Å². The van der Waals surface area contributed by atoms with Crippen molar-refractivity contribution in [1.82, 2.24) is 10.2 Å². The Bertz CT molecular complexity index is 1100. The van der Waals surface area contributed by atoms with E-state index in [0.29, 0.717) is 5.69 Å². The lowest BCUT2D eigenvalue weighted by Crippen LogP contribution is -2.49. The van der Waals surface area contributed by atoms with E-state index in [1.54, 1.807) is 24.3 Å². The number of carbonyl (C=O) groups excluding carboxylic acids is 3. The monoisotopic (exact) mass is 489 g/mol. The van der Waals surface area contributed by atoms with Crippen molar-refractivity contribution in [3.63, 3.8) is 0 Å². The maximum Gasteiger partial charge on any atom is 0.408 e. The van der Waals surface area contributed by atoms with E-state index in [1.807, 2.05) is 38.1 Å². The number of rotatable bonds is 10. The summed E-state index contributed by atoms with van der Waals surface area (Å²) in [5.41, 5.74) is 3.20. The SMILES string of the molecule is Cc1cccc(C)c1NC(=O)CN(C)C(=O)C(CCS(C)(=O)=O)NC(=O)OCc1ccccc1. The Morgan fingerprint density at radius 2 is 1.62 bits per heavy atom. The molecule has 2 N–H and O–H groups in total. The molecule has 0 aliphatic carbocycles. The number of aryl methyl sites for hydroxylation is 2.